The number of nitrogens with zero attached hydrogens (tertiary/aromatic N) is 1. The van der Waals surface area contributed by atoms with Crippen LogP contribution in [0.4, 0.5) is 8.78 Å². The van der Waals surface area contributed by atoms with Gasteiger partial charge in [0.05, 0.1) is 13.1 Å². The third kappa shape index (κ3) is 3.28. The van der Waals surface area contributed by atoms with Crippen molar-refractivity contribution in [2.24, 2.45) is 0 Å². The third-order valence-corrected chi connectivity index (χ3v) is 2.60. The van der Waals surface area contributed by atoms with Crippen LogP contribution < -0.4 is 0 Å². The molecule has 96 valence electrons. The number of carbonyl (C=O) groups is 1. The van der Waals surface area contributed by atoms with E-state index in [0.29, 0.717) is 0 Å². The second-order valence-corrected chi connectivity index (χ2v) is 3.81. The zero-order valence-electron chi connectivity index (χ0n) is 9.86. The molecule has 1 N–H and O–H groups in total. The minimum Gasteiger partial charge on any atom is -0.480 e. The number of carboxylic acid groups (broad SMARTS) is 1. The summed E-state index contributed by atoms with van der Waals surface area (Å²) in [6.07, 6.45) is 5.13. The lowest BCUT2D eigenvalue weighted by molar-refractivity contribution is -0.138. The Labute approximate surface area is 104 Å². The van der Waals surface area contributed by atoms with Crippen LogP contribution in [0.2, 0.25) is 0 Å². The summed E-state index contributed by atoms with van der Waals surface area (Å²) >= 11 is 0. The normalized spacial score (nSPS) is 12.2. The van der Waals surface area contributed by atoms with E-state index < -0.39 is 23.6 Å². The molecule has 1 rings (SSSR count). The molecule has 3 nitrogen and oxygen atoms in total. The molecule has 0 aliphatic rings. The average Bonchev–Trinajstić information content (AvgIpc) is 2.27. The van der Waals surface area contributed by atoms with E-state index in [1.807, 2.05) is 0 Å². The molecule has 0 radical (unpaired) electrons. The van der Waals surface area contributed by atoms with Gasteiger partial charge in [-0.25, -0.2) is 8.78 Å². The van der Waals surface area contributed by atoms with E-state index in [9.17, 15) is 13.6 Å². The monoisotopic (exact) mass is 253 g/mol. The molecule has 0 saturated heterocycles. The smallest absolute Gasteiger partial charge is 0.317 e. The van der Waals surface area contributed by atoms with Crippen molar-refractivity contribution in [1.82, 2.24) is 4.90 Å². The van der Waals surface area contributed by atoms with Crippen molar-refractivity contribution in [2.45, 2.75) is 13.0 Å². The Morgan fingerprint density at radius 2 is 2.06 bits per heavy atom. The summed E-state index contributed by atoms with van der Waals surface area (Å²) in [4.78, 5) is 12.0. The SMILES string of the molecule is C#CCN(CC(=O)O)C(C)c1c(F)cccc1F. The Kier molecular flexibility index (Phi) is 4.81. The Balaban J connectivity index is 3.05. The molecule has 0 aliphatic carbocycles. The van der Waals surface area contributed by atoms with E-state index in [-0.39, 0.29) is 18.7 Å². The molecule has 0 amide bonds. The number of benzene rings is 1. The molecule has 0 fully saturated rings. The standard InChI is InChI=1S/C13H13F2NO2/c1-3-7-16(8-12(17)18)9(2)13-10(14)5-4-6-11(13)15/h1,4-6,9H,7-8H2,2H3,(H,17,18). The van der Waals surface area contributed by atoms with Crippen molar-refractivity contribution < 1.29 is 18.7 Å². The number of terminal acetylenes is 1. The molecule has 1 atom stereocenters. The van der Waals surface area contributed by atoms with Crippen LogP contribution in [0.25, 0.3) is 0 Å². The highest BCUT2D eigenvalue weighted by Crippen LogP contribution is 2.25. The largest absolute Gasteiger partial charge is 0.480 e. The molecule has 0 heterocycles. The highest BCUT2D eigenvalue weighted by molar-refractivity contribution is 5.69. The van der Waals surface area contributed by atoms with Gasteiger partial charge >= 0.3 is 5.97 Å². The maximum absolute atomic E-state index is 13.6. The lowest BCUT2D eigenvalue weighted by Gasteiger charge is -2.26. The molecule has 1 aromatic rings. The van der Waals surface area contributed by atoms with E-state index in [4.69, 9.17) is 11.5 Å². The van der Waals surface area contributed by atoms with Crippen molar-refractivity contribution in [3.63, 3.8) is 0 Å². The second-order valence-electron chi connectivity index (χ2n) is 3.81. The molecular formula is C13H13F2NO2. The zero-order chi connectivity index (χ0) is 13.7. The van der Waals surface area contributed by atoms with Gasteiger partial charge in [0, 0.05) is 11.6 Å². The quantitative estimate of drug-likeness (QED) is 0.816. The first kappa shape index (κ1) is 14.1. The minimum absolute atomic E-state index is 0.00123. The second kappa shape index (κ2) is 6.12. The Morgan fingerprint density at radius 3 is 2.50 bits per heavy atom. The van der Waals surface area contributed by atoms with Crippen LogP contribution in [0.1, 0.15) is 18.5 Å². The number of hydrogen-bond donors (Lipinski definition) is 1. The Morgan fingerprint density at radius 1 is 1.50 bits per heavy atom. The molecule has 0 saturated carbocycles. The topological polar surface area (TPSA) is 40.5 Å². The summed E-state index contributed by atoms with van der Waals surface area (Å²) < 4.78 is 27.1. The van der Waals surface area contributed by atoms with Gasteiger partial charge in [0.15, 0.2) is 0 Å². The zero-order valence-corrected chi connectivity index (χ0v) is 9.86. The molecule has 1 unspecified atom stereocenters. The first-order valence-corrected chi connectivity index (χ1v) is 5.30. The van der Waals surface area contributed by atoms with Crippen LogP contribution in [-0.4, -0.2) is 29.1 Å². The summed E-state index contributed by atoms with van der Waals surface area (Å²) in [7, 11) is 0. The highest BCUT2D eigenvalue weighted by Gasteiger charge is 2.23. The fourth-order valence-electron chi connectivity index (χ4n) is 1.71. The van der Waals surface area contributed by atoms with Gasteiger partial charge in [0.25, 0.3) is 0 Å². The van der Waals surface area contributed by atoms with Gasteiger partial charge in [-0.05, 0) is 19.1 Å². The predicted molar refractivity (Wildman–Crippen MR) is 62.8 cm³/mol. The predicted octanol–water partition coefficient (Wildman–Crippen LogP) is 2.05. The van der Waals surface area contributed by atoms with Crippen molar-refractivity contribution in [2.75, 3.05) is 13.1 Å². The van der Waals surface area contributed by atoms with Crippen molar-refractivity contribution in [3.8, 4) is 12.3 Å². The molecular weight excluding hydrogens is 240 g/mol. The van der Waals surface area contributed by atoms with Crippen molar-refractivity contribution in [1.29, 1.82) is 0 Å². The van der Waals surface area contributed by atoms with Gasteiger partial charge in [-0.1, -0.05) is 12.0 Å². The number of rotatable bonds is 5. The summed E-state index contributed by atoms with van der Waals surface area (Å²) in [5, 5.41) is 8.75. The Hall–Kier alpha value is -1.93. The molecule has 5 heteroatoms. The van der Waals surface area contributed by atoms with E-state index in [1.165, 1.54) is 17.9 Å². The first-order chi connectivity index (χ1) is 8.47. The number of halogens is 2. The summed E-state index contributed by atoms with van der Waals surface area (Å²) in [6, 6.07) is 2.76. The fraction of sp³-hybridized carbons (Fsp3) is 0.308. The molecule has 0 aromatic heterocycles. The van der Waals surface area contributed by atoms with Crippen LogP contribution in [0, 0.1) is 24.0 Å². The fourth-order valence-corrected chi connectivity index (χ4v) is 1.71. The summed E-state index contributed by atoms with van der Waals surface area (Å²) in [6.45, 7) is 1.14. The van der Waals surface area contributed by atoms with Gasteiger partial charge in [-0.15, -0.1) is 6.42 Å². The van der Waals surface area contributed by atoms with Gasteiger partial charge in [0.2, 0.25) is 0 Å². The lowest BCUT2D eigenvalue weighted by atomic mass is 10.1. The summed E-state index contributed by atoms with van der Waals surface area (Å²) in [5.74, 6) is -0.249. The number of carboxylic acids is 1. The van der Waals surface area contributed by atoms with E-state index >= 15 is 0 Å². The van der Waals surface area contributed by atoms with Crippen LogP contribution in [0.5, 0.6) is 0 Å². The van der Waals surface area contributed by atoms with E-state index in [2.05, 4.69) is 5.92 Å². The van der Waals surface area contributed by atoms with Gasteiger partial charge in [-0.2, -0.15) is 0 Å². The van der Waals surface area contributed by atoms with Crippen LogP contribution in [0.3, 0.4) is 0 Å². The number of hydrogen-bond acceptors (Lipinski definition) is 2. The molecule has 18 heavy (non-hydrogen) atoms. The average molecular weight is 253 g/mol. The third-order valence-electron chi connectivity index (χ3n) is 2.60. The van der Waals surface area contributed by atoms with Crippen LogP contribution in [-0.2, 0) is 4.79 Å². The van der Waals surface area contributed by atoms with Gasteiger partial charge in [0.1, 0.15) is 11.6 Å². The van der Waals surface area contributed by atoms with E-state index in [0.717, 1.165) is 12.1 Å². The maximum atomic E-state index is 13.6. The van der Waals surface area contributed by atoms with Gasteiger partial charge < -0.3 is 5.11 Å². The van der Waals surface area contributed by atoms with Gasteiger partial charge in [-0.3, -0.25) is 9.69 Å². The lowest BCUT2D eigenvalue weighted by Crippen LogP contribution is -2.33. The minimum atomic E-state index is -1.10. The van der Waals surface area contributed by atoms with Crippen LogP contribution >= 0.6 is 0 Å². The maximum Gasteiger partial charge on any atom is 0.317 e. The number of aliphatic carboxylic acids is 1. The molecule has 0 spiro atoms. The highest BCUT2D eigenvalue weighted by atomic mass is 19.1. The molecule has 0 bridgehead atoms. The summed E-state index contributed by atoms with van der Waals surface area (Å²) in [5.41, 5.74) is -0.172. The Bertz CT molecular complexity index is 462. The molecule has 0 aliphatic heterocycles. The molecule has 1 aromatic carbocycles. The first-order valence-electron chi connectivity index (χ1n) is 5.30. The van der Waals surface area contributed by atoms with Crippen LogP contribution in [0.15, 0.2) is 18.2 Å². The van der Waals surface area contributed by atoms with Crippen molar-refractivity contribution >= 4 is 5.97 Å². The van der Waals surface area contributed by atoms with E-state index in [1.54, 1.807) is 0 Å². The van der Waals surface area contributed by atoms with Crippen molar-refractivity contribution in [3.05, 3.63) is 35.4 Å².